The molecule has 1 aromatic rings. The van der Waals surface area contributed by atoms with Crippen molar-refractivity contribution in [2.75, 3.05) is 7.11 Å². The quantitative estimate of drug-likeness (QED) is 0.784. The fourth-order valence-corrected chi connectivity index (χ4v) is 2.21. The number of hydrogen-bond donors (Lipinski definition) is 0. The van der Waals surface area contributed by atoms with Crippen molar-refractivity contribution < 1.29 is 13.2 Å². The van der Waals surface area contributed by atoms with Crippen LogP contribution in [0.5, 0.6) is 5.75 Å². The number of methoxy groups -OCH3 is 1. The van der Waals surface area contributed by atoms with Gasteiger partial charge in [0.2, 0.25) is 0 Å². The normalized spacial score (nSPS) is 11.3. The van der Waals surface area contributed by atoms with Crippen molar-refractivity contribution in [3.8, 4) is 5.75 Å². The number of benzene rings is 1. The first kappa shape index (κ1) is 10.8. The fourth-order valence-electron chi connectivity index (χ4n) is 0.796. The molecule has 0 bridgehead atoms. The van der Waals surface area contributed by atoms with E-state index >= 15 is 0 Å². The van der Waals surface area contributed by atoms with Crippen LogP contribution in [0.3, 0.4) is 0 Å². The van der Waals surface area contributed by atoms with E-state index in [1.165, 1.54) is 19.2 Å². The summed E-state index contributed by atoms with van der Waals surface area (Å²) in [4.78, 5) is 0.0143. The molecule has 0 aromatic heterocycles. The molecule has 6 heteroatoms. The van der Waals surface area contributed by atoms with Crippen LogP contribution in [0, 0.1) is 0 Å². The van der Waals surface area contributed by atoms with Crippen molar-refractivity contribution in [3.63, 3.8) is 0 Å². The minimum atomic E-state index is -3.70. The third kappa shape index (κ3) is 2.86. The van der Waals surface area contributed by atoms with Gasteiger partial charge in [0.05, 0.1) is 12.0 Å². The molecule has 0 saturated carbocycles. The van der Waals surface area contributed by atoms with E-state index < -0.39 is 9.05 Å². The first-order valence-corrected chi connectivity index (χ1v) is 6.33. The minimum Gasteiger partial charge on any atom is -0.497 e. The van der Waals surface area contributed by atoms with Crippen LogP contribution in [0.1, 0.15) is 0 Å². The van der Waals surface area contributed by atoms with Crippen LogP contribution in [-0.4, -0.2) is 15.5 Å². The second-order valence-corrected chi connectivity index (χ2v) is 5.75. The second kappa shape index (κ2) is 3.86. The van der Waals surface area contributed by atoms with Gasteiger partial charge in [0, 0.05) is 21.2 Å². The van der Waals surface area contributed by atoms with E-state index in [-0.39, 0.29) is 4.90 Å². The molecular weight excluding hydrogens is 279 g/mol. The van der Waals surface area contributed by atoms with Gasteiger partial charge in [-0.2, -0.15) is 0 Å². The maximum absolute atomic E-state index is 10.9. The molecule has 0 amide bonds. The van der Waals surface area contributed by atoms with Crippen molar-refractivity contribution in [1.29, 1.82) is 0 Å². The number of ether oxygens (including phenoxy) is 1. The molecule has 13 heavy (non-hydrogen) atoms. The Labute approximate surface area is 89.2 Å². The molecular formula is C7H6BrClO3S. The monoisotopic (exact) mass is 284 g/mol. The smallest absolute Gasteiger partial charge is 0.261 e. The summed E-state index contributed by atoms with van der Waals surface area (Å²) in [6, 6.07) is 4.41. The minimum absolute atomic E-state index is 0.0143. The van der Waals surface area contributed by atoms with Gasteiger partial charge in [-0.1, -0.05) is 15.9 Å². The lowest BCUT2D eigenvalue weighted by Gasteiger charge is -2.02. The third-order valence-corrected chi connectivity index (χ3v) is 3.15. The summed E-state index contributed by atoms with van der Waals surface area (Å²) >= 11 is 3.14. The van der Waals surface area contributed by atoms with Gasteiger partial charge >= 0.3 is 0 Å². The van der Waals surface area contributed by atoms with Crippen molar-refractivity contribution in [1.82, 2.24) is 0 Å². The molecule has 0 atom stereocenters. The molecule has 0 unspecified atom stereocenters. The molecule has 0 spiro atoms. The van der Waals surface area contributed by atoms with Crippen LogP contribution >= 0.6 is 26.6 Å². The van der Waals surface area contributed by atoms with Crippen LogP contribution in [-0.2, 0) is 9.05 Å². The van der Waals surface area contributed by atoms with E-state index in [0.29, 0.717) is 10.2 Å². The van der Waals surface area contributed by atoms with Crippen molar-refractivity contribution in [2.45, 2.75) is 4.90 Å². The molecule has 0 aliphatic heterocycles. The summed E-state index contributed by atoms with van der Waals surface area (Å²) in [7, 11) is 2.91. The lowest BCUT2D eigenvalue weighted by atomic mass is 10.3. The summed E-state index contributed by atoms with van der Waals surface area (Å²) in [6.07, 6.45) is 0. The summed E-state index contributed by atoms with van der Waals surface area (Å²) in [5.41, 5.74) is 0. The molecule has 0 aliphatic rings. The molecule has 1 aromatic carbocycles. The van der Waals surface area contributed by atoms with Gasteiger partial charge in [-0.05, 0) is 12.1 Å². The highest BCUT2D eigenvalue weighted by Gasteiger charge is 2.11. The Kier molecular flexibility index (Phi) is 3.21. The maximum atomic E-state index is 10.9. The molecule has 1 rings (SSSR count). The highest BCUT2D eigenvalue weighted by molar-refractivity contribution is 9.10. The molecule has 3 nitrogen and oxygen atoms in total. The lowest BCUT2D eigenvalue weighted by Crippen LogP contribution is -1.92. The standard InChI is InChI=1S/C7H6BrClO3S/c1-12-6-2-5(8)3-7(4-6)13(9,10)11/h2-4H,1H3. The highest BCUT2D eigenvalue weighted by Crippen LogP contribution is 2.25. The maximum Gasteiger partial charge on any atom is 0.261 e. The predicted molar refractivity (Wildman–Crippen MR) is 53.7 cm³/mol. The summed E-state index contributed by atoms with van der Waals surface area (Å²) in [5, 5.41) is 0. The van der Waals surface area contributed by atoms with Gasteiger partial charge < -0.3 is 4.74 Å². The number of halogens is 2. The first-order chi connectivity index (χ1) is 5.93. The molecule has 0 fully saturated rings. The zero-order valence-electron chi connectivity index (χ0n) is 6.62. The molecule has 0 N–H and O–H groups in total. The van der Waals surface area contributed by atoms with Gasteiger partial charge in [0.25, 0.3) is 9.05 Å². The third-order valence-electron chi connectivity index (χ3n) is 1.36. The van der Waals surface area contributed by atoms with Crippen molar-refractivity contribution >= 4 is 35.7 Å². The molecule has 72 valence electrons. The van der Waals surface area contributed by atoms with Gasteiger partial charge in [-0.3, -0.25) is 0 Å². The van der Waals surface area contributed by atoms with Gasteiger partial charge in [0.1, 0.15) is 5.75 Å². The van der Waals surface area contributed by atoms with Crippen molar-refractivity contribution in [3.05, 3.63) is 22.7 Å². The Balaban J connectivity index is 3.33. The van der Waals surface area contributed by atoms with E-state index in [4.69, 9.17) is 15.4 Å². The van der Waals surface area contributed by atoms with E-state index in [1.807, 2.05) is 0 Å². The zero-order valence-corrected chi connectivity index (χ0v) is 9.78. The van der Waals surface area contributed by atoms with Gasteiger partial charge in [-0.25, -0.2) is 8.42 Å². The number of rotatable bonds is 2. The average molecular weight is 286 g/mol. The summed E-state index contributed by atoms with van der Waals surface area (Å²) in [5.74, 6) is 0.439. The van der Waals surface area contributed by atoms with Gasteiger partial charge in [-0.15, -0.1) is 0 Å². The Morgan fingerprint density at radius 3 is 2.46 bits per heavy atom. The van der Waals surface area contributed by atoms with Crippen LogP contribution in [0.4, 0.5) is 0 Å². The van der Waals surface area contributed by atoms with E-state index in [2.05, 4.69) is 15.9 Å². The first-order valence-electron chi connectivity index (χ1n) is 3.23. The van der Waals surface area contributed by atoms with Crippen LogP contribution in [0.15, 0.2) is 27.6 Å². The second-order valence-electron chi connectivity index (χ2n) is 2.26. The lowest BCUT2D eigenvalue weighted by molar-refractivity contribution is 0.413. The summed E-state index contributed by atoms with van der Waals surface area (Å²) in [6.45, 7) is 0. The van der Waals surface area contributed by atoms with Crippen molar-refractivity contribution in [2.24, 2.45) is 0 Å². The SMILES string of the molecule is COc1cc(Br)cc(S(=O)(=O)Cl)c1. The van der Waals surface area contributed by atoms with E-state index in [1.54, 1.807) is 6.07 Å². The Bertz CT molecular complexity index is 416. The van der Waals surface area contributed by atoms with E-state index in [0.717, 1.165) is 0 Å². The van der Waals surface area contributed by atoms with Crippen LogP contribution in [0.25, 0.3) is 0 Å². The largest absolute Gasteiger partial charge is 0.497 e. The average Bonchev–Trinajstić information content (AvgIpc) is 2.01. The van der Waals surface area contributed by atoms with Crippen LogP contribution in [0.2, 0.25) is 0 Å². The predicted octanol–water partition coefficient (Wildman–Crippen LogP) is 2.39. The molecule has 0 radical (unpaired) electrons. The molecule has 0 saturated heterocycles. The Hall–Kier alpha value is -0.260. The zero-order chi connectivity index (χ0) is 10.1. The Morgan fingerprint density at radius 2 is 2.00 bits per heavy atom. The van der Waals surface area contributed by atoms with Crippen LogP contribution < -0.4 is 4.74 Å². The summed E-state index contributed by atoms with van der Waals surface area (Å²) < 4.78 is 27.4. The highest BCUT2D eigenvalue weighted by atomic mass is 79.9. The fraction of sp³-hybridized carbons (Fsp3) is 0.143. The van der Waals surface area contributed by atoms with E-state index in [9.17, 15) is 8.42 Å². The Morgan fingerprint density at radius 1 is 1.38 bits per heavy atom. The number of hydrogen-bond acceptors (Lipinski definition) is 3. The van der Waals surface area contributed by atoms with Gasteiger partial charge in [0.15, 0.2) is 0 Å². The topological polar surface area (TPSA) is 43.4 Å². The molecule has 0 aliphatic carbocycles. The molecule has 0 heterocycles.